The minimum atomic E-state index is 0.172. The molecule has 0 atom stereocenters. The Labute approximate surface area is 114 Å². The normalized spacial score (nSPS) is 14.3. The third-order valence-electron chi connectivity index (χ3n) is 3.47. The van der Waals surface area contributed by atoms with Crippen LogP contribution < -0.4 is 10.6 Å². The predicted molar refractivity (Wildman–Crippen MR) is 77.3 cm³/mol. The molecule has 19 heavy (non-hydrogen) atoms. The number of nitrogens with two attached hydrogens (primary N) is 1. The van der Waals surface area contributed by atoms with E-state index in [1.807, 2.05) is 30.0 Å². The maximum Gasteiger partial charge on any atom is 0.227 e. The Hall–Kier alpha value is -1.55. The summed E-state index contributed by atoms with van der Waals surface area (Å²) in [5, 5.41) is 0. The second-order valence-corrected chi connectivity index (χ2v) is 4.79. The molecule has 4 nitrogen and oxygen atoms in total. The van der Waals surface area contributed by atoms with Gasteiger partial charge in [0.25, 0.3) is 0 Å². The van der Waals surface area contributed by atoms with E-state index in [9.17, 15) is 4.79 Å². The lowest BCUT2D eigenvalue weighted by molar-refractivity contribution is -0.119. The number of hydrogen-bond acceptors (Lipinski definition) is 3. The van der Waals surface area contributed by atoms with E-state index in [1.54, 1.807) is 0 Å². The van der Waals surface area contributed by atoms with Crippen LogP contribution in [0.1, 0.15) is 31.7 Å². The highest BCUT2D eigenvalue weighted by molar-refractivity contribution is 5.95. The zero-order valence-corrected chi connectivity index (χ0v) is 11.5. The average molecular weight is 262 g/mol. The highest BCUT2D eigenvalue weighted by atomic mass is 16.5. The van der Waals surface area contributed by atoms with E-state index >= 15 is 0 Å². The van der Waals surface area contributed by atoms with Gasteiger partial charge in [-0.1, -0.05) is 6.07 Å². The predicted octanol–water partition coefficient (Wildman–Crippen LogP) is 2.36. The summed E-state index contributed by atoms with van der Waals surface area (Å²) in [7, 11) is 0. The molecular weight excluding hydrogens is 240 g/mol. The molecule has 1 heterocycles. The molecule has 1 aromatic carbocycles. The van der Waals surface area contributed by atoms with E-state index in [4.69, 9.17) is 10.5 Å². The van der Waals surface area contributed by atoms with Crippen LogP contribution >= 0.6 is 0 Å². The molecule has 0 saturated heterocycles. The van der Waals surface area contributed by atoms with E-state index in [0.29, 0.717) is 19.6 Å². The van der Waals surface area contributed by atoms with E-state index in [1.165, 1.54) is 0 Å². The lowest BCUT2D eigenvalue weighted by Crippen LogP contribution is -2.35. The SMILES string of the molecule is CCOCCCC(=O)N1CCCc2c(N)cccc21. The van der Waals surface area contributed by atoms with Gasteiger partial charge in [0.05, 0.1) is 0 Å². The van der Waals surface area contributed by atoms with Gasteiger partial charge in [-0.2, -0.15) is 0 Å². The smallest absolute Gasteiger partial charge is 0.227 e. The lowest BCUT2D eigenvalue weighted by Gasteiger charge is -2.30. The van der Waals surface area contributed by atoms with E-state index < -0.39 is 0 Å². The third kappa shape index (κ3) is 3.26. The van der Waals surface area contributed by atoms with Crippen LogP contribution in [0, 0.1) is 0 Å². The number of rotatable bonds is 5. The maximum atomic E-state index is 12.3. The van der Waals surface area contributed by atoms with Crippen LogP contribution in [-0.4, -0.2) is 25.7 Å². The van der Waals surface area contributed by atoms with Gasteiger partial charge in [0.2, 0.25) is 5.91 Å². The van der Waals surface area contributed by atoms with Gasteiger partial charge in [-0.3, -0.25) is 4.79 Å². The highest BCUT2D eigenvalue weighted by Crippen LogP contribution is 2.31. The third-order valence-corrected chi connectivity index (χ3v) is 3.47. The van der Waals surface area contributed by atoms with Gasteiger partial charge in [-0.25, -0.2) is 0 Å². The second-order valence-electron chi connectivity index (χ2n) is 4.79. The first-order valence-corrected chi connectivity index (χ1v) is 6.99. The molecule has 1 aliphatic heterocycles. The van der Waals surface area contributed by atoms with Crippen LogP contribution in [0.4, 0.5) is 11.4 Å². The summed E-state index contributed by atoms with van der Waals surface area (Å²) >= 11 is 0. The minimum Gasteiger partial charge on any atom is -0.398 e. The highest BCUT2D eigenvalue weighted by Gasteiger charge is 2.23. The zero-order valence-electron chi connectivity index (χ0n) is 11.5. The van der Waals surface area contributed by atoms with Crippen molar-refractivity contribution < 1.29 is 9.53 Å². The molecule has 0 bridgehead atoms. The van der Waals surface area contributed by atoms with Gasteiger partial charge in [0, 0.05) is 37.6 Å². The molecule has 0 fully saturated rings. The minimum absolute atomic E-state index is 0.172. The number of anilines is 2. The standard InChI is InChI=1S/C15H22N2O2/c1-2-19-11-5-9-15(18)17-10-4-6-12-13(16)7-3-8-14(12)17/h3,7-8H,2,4-6,9-11,16H2,1H3. The molecular formula is C15H22N2O2. The van der Waals surface area contributed by atoms with Gasteiger partial charge in [-0.15, -0.1) is 0 Å². The Kier molecular flexibility index (Phi) is 4.80. The molecule has 0 aliphatic carbocycles. The monoisotopic (exact) mass is 262 g/mol. The Balaban J connectivity index is 2.02. The number of nitrogens with zero attached hydrogens (tertiary/aromatic N) is 1. The zero-order chi connectivity index (χ0) is 13.7. The number of benzene rings is 1. The van der Waals surface area contributed by atoms with Gasteiger partial charge in [0.1, 0.15) is 0 Å². The summed E-state index contributed by atoms with van der Waals surface area (Å²) in [6, 6.07) is 5.81. The summed E-state index contributed by atoms with van der Waals surface area (Å²) in [6.07, 6.45) is 3.26. The first-order chi connectivity index (χ1) is 9.24. The molecule has 0 radical (unpaired) electrons. The Morgan fingerprint density at radius 1 is 1.47 bits per heavy atom. The fourth-order valence-electron chi connectivity index (χ4n) is 2.52. The number of carbonyl (C=O) groups is 1. The largest absolute Gasteiger partial charge is 0.398 e. The molecule has 1 aliphatic rings. The van der Waals surface area contributed by atoms with E-state index in [2.05, 4.69) is 0 Å². The van der Waals surface area contributed by atoms with E-state index in [0.717, 1.165) is 42.7 Å². The fourth-order valence-corrected chi connectivity index (χ4v) is 2.52. The topological polar surface area (TPSA) is 55.6 Å². The van der Waals surface area contributed by atoms with Crippen molar-refractivity contribution in [3.8, 4) is 0 Å². The van der Waals surface area contributed by atoms with Gasteiger partial charge in [-0.05, 0) is 43.9 Å². The fraction of sp³-hybridized carbons (Fsp3) is 0.533. The van der Waals surface area contributed by atoms with Crippen LogP contribution in [0.3, 0.4) is 0 Å². The summed E-state index contributed by atoms with van der Waals surface area (Å²) in [5.74, 6) is 0.172. The molecule has 104 valence electrons. The number of nitrogen functional groups attached to an aromatic ring is 1. The molecule has 2 N–H and O–H groups in total. The maximum absolute atomic E-state index is 12.3. The van der Waals surface area contributed by atoms with Crippen LogP contribution in [0.2, 0.25) is 0 Å². The number of ether oxygens (including phenoxy) is 1. The summed E-state index contributed by atoms with van der Waals surface area (Å²) in [5.41, 5.74) is 8.89. The molecule has 0 spiro atoms. The average Bonchev–Trinajstić information content (AvgIpc) is 2.43. The van der Waals surface area contributed by atoms with Gasteiger partial charge in [0.15, 0.2) is 0 Å². The second kappa shape index (κ2) is 6.57. The molecule has 2 rings (SSSR count). The van der Waals surface area contributed by atoms with Crippen molar-refractivity contribution in [3.05, 3.63) is 23.8 Å². The van der Waals surface area contributed by atoms with Crippen molar-refractivity contribution in [2.24, 2.45) is 0 Å². The molecule has 4 heteroatoms. The van der Waals surface area contributed by atoms with Gasteiger partial charge < -0.3 is 15.4 Å². The van der Waals surface area contributed by atoms with Crippen molar-refractivity contribution >= 4 is 17.3 Å². The lowest BCUT2D eigenvalue weighted by atomic mass is 9.99. The van der Waals surface area contributed by atoms with Crippen molar-refractivity contribution in [3.63, 3.8) is 0 Å². The summed E-state index contributed by atoms with van der Waals surface area (Å²) in [6.45, 7) is 4.12. The van der Waals surface area contributed by atoms with Crippen molar-refractivity contribution in [2.75, 3.05) is 30.4 Å². The van der Waals surface area contributed by atoms with E-state index in [-0.39, 0.29) is 5.91 Å². The number of amides is 1. The first-order valence-electron chi connectivity index (χ1n) is 6.99. The molecule has 1 aromatic rings. The number of carbonyl (C=O) groups excluding carboxylic acids is 1. The summed E-state index contributed by atoms with van der Waals surface area (Å²) in [4.78, 5) is 14.1. The Bertz CT molecular complexity index is 446. The molecule has 1 amide bonds. The molecule has 0 saturated carbocycles. The number of fused-ring (bicyclic) bond motifs is 1. The van der Waals surface area contributed by atoms with Crippen LogP contribution in [0.25, 0.3) is 0 Å². The van der Waals surface area contributed by atoms with Crippen LogP contribution in [0.5, 0.6) is 0 Å². The Morgan fingerprint density at radius 3 is 3.11 bits per heavy atom. The molecule has 0 unspecified atom stereocenters. The van der Waals surface area contributed by atoms with Crippen LogP contribution in [0.15, 0.2) is 18.2 Å². The Morgan fingerprint density at radius 2 is 2.32 bits per heavy atom. The quantitative estimate of drug-likeness (QED) is 0.654. The molecule has 0 aromatic heterocycles. The first kappa shape index (κ1) is 13.9. The van der Waals surface area contributed by atoms with Gasteiger partial charge >= 0.3 is 0 Å². The van der Waals surface area contributed by atoms with Crippen molar-refractivity contribution in [1.29, 1.82) is 0 Å². The van der Waals surface area contributed by atoms with Crippen LogP contribution in [-0.2, 0) is 16.0 Å². The number of hydrogen-bond donors (Lipinski definition) is 1. The summed E-state index contributed by atoms with van der Waals surface area (Å²) < 4.78 is 5.27. The van der Waals surface area contributed by atoms with Crippen molar-refractivity contribution in [2.45, 2.75) is 32.6 Å². The van der Waals surface area contributed by atoms with Crippen molar-refractivity contribution in [1.82, 2.24) is 0 Å².